The van der Waals surface area contributed by atoms with E-state index in [1.165, 1.54) is 11.3 Å². The molecule has 0 atom stereocenters. The first kappa shape index (κ1) is 25.5. The monoisotopic (exact) mass is 531 g/mol. The Kier molecular flexibility index (Phi) is 8.31. The van der Waals surface area contributed by atoms with Crippen LogP contribution in [0.2, 0.25) is 10.0 Å². The smallest absolute Gasteiger partial charge is 0.271 e. The Morgan fingerprint density at radius 3 is 2.54 bits per heavy atom. The Bertz CT molecular complexity index is 1190. The summed E-state index contributed by atoms with van der Waals surface area (Å²) in [5.41, 5.74) is 1.81. The Balaban J connectivity index is 1.29. The van der Waals surface area contributed by atoms with Crippen LogP contribution in [-0.4, -0.2) is 40.9 Å². The molecule has 35 heavy (non-hydrogen) atoms. The Morgan fingerprint density at radius 1 is 1.14 bits per heavy atom. The van der Waals surface area contributed by atoms with Crippen molar-refractivity contribution >= 4 is 46.4 Å². The topological polar surface area (TPSA) is 71.5 Å². The average Bonchev–Trinajstić information content (AvgIpc) is 3.35. The molecule has 2 aromatic carbocycles. The fourth-order valence-corrected chi connectivity index (χ4v) is 5.35. The van der Waals surface area contributed by atoms with Gasteiger partial charge in [-0.15, -0.1) is 11.3 Å². The van der Waals surface area contributed by atoms with E-state index in [1.807, 2.05) is 49.1 Å². The van der Waals surface area contributed by atoms with Gasteiger partial charge in [0, 0.05) is 36.5 Å². The molecule has 0 aliphatic carbocycles. The molecule has 2 amide bonds. The summed E-state index contributed by atoms with van der Waals surface area (Å²) in [6.45, 7) is 5.52. The number of hydrogen-bond donors (Lipinski definition) is 1. The Hall–Kier alpha value is -2.61. The van der Waals surface area contributed by atoms with E-state index in [4.69, 9.17) is 27.9 Å². The molecule has 0 spiro atoms. The molecule has 0 unspecified atom stereocenters. The normalized spacial score (nSPS) is 14.3. The minimum Gasteiger partial charge on any atom is -0.491 e. The number of carbonyl (C=O) groups excluding carboxylic acids is 2. The first-order valence-corrected chi connectivity index (χ1v) is 13.2. The van der Waals surface area contributed by atoms with Crippen LogP contribution < -0.4 is 10.1 Å². The van der Waals surface area contributed by atoms with Gasteiger partial charge in [0.25, 0.3) is 11.8 Å². The minimum absolute atomic E-state index is 0.0263. The van der Waals surface area contributed by atoms with Crippen LogP contribution >= 0.6 is 34.5 Å². The first-order chi connectivity index (χ1) is 16.8. The predicted octanol–water partition coefficient (Wildman–Crippen LogP) is 6.19. The van der Waals surface area contributed by atoms with Gasteiger partial charge in [0.15, 0.2) is 0 Å². The summed E-state index contributed by atoms with van der Waals surface area (Å²) < 4.78 is 5.65. The summed E-state index contributed by atoms with van der Waals surface area (Å²) in [5.74, 6) is 0.767. The predicted molar refractivity (Wildman–Crippen MR) is 140 cm³/mol. The molecule has 1 aliphatic rings. The molecular formula is C26H27Cl2N3O3S. The third-order valence-electron chi connectivity index (χ3n) is 5.83. The second-order valence-corrected chi connectivity index (χ2v) is 10.4. The molecule has 0 radical (unpaired) electrons. The van der Waals surface area contributed by atoms with Gasteiger partial charge in [-0.3, -0.25) is 9.59 Å². The van der Waals surface area contributed by atoms with Crippen molar-refractivity contribution in [3.63, 3.8) is 0 Å². The van der Waals surface area contributed by atoms with Crippen LogP contribution in [0.25, 0.3) is 0 Å². The lowest BCUT2D eigenvalue weighted by Gasteiger charge is -2.31. The van der Waals surface area contributed by atoms with Crippen LogP contribution in [-0.2, 0) is 6.54 Å². The van der Waals surface area contributed by atoms with Crippen molar-refractivity contribution in [1.82, 2.24) is 15.2 Å². The van der Waals surface area contributed by atoms with Crippen molar-refractivity contribution in [2.45, 2.75) is 45.3 Å². The van der Waals surface area contributed by atoms with Crippen LogP contribution in [0, 0.1) is 0 Å². The number of carbonyl (C=O) groups is 2. The quantitative estimate of drug-likeness (QED) is 0.394. The molecular weight excluding hydrogens is 505 g/mol. The van der Waals surface area contributed by atoms with E-state index < -0.39 is 0 Å². The zero-order valence-corrected chi connectivity index (χ0v) is 21.9. The van der Waals surface area contributed by atoms with E-state index in [1.54, 1.807) is 17.5 Å². The highest BCUT2D eigenvalue weighted by molar-refractivity contribution is 7.09. The highest BCUT2D eigenvalue weighted by atomic mass is 35.5. The molecule has 0 bridgehead atoms. The number of nitrogens with zero attached hydrogens (tertiary/aromatic N) is 2. The Morgan fingerprint density at radius 2 is 1.86 bits per heavy atom. The van der Waals surface area contributed by atoms with Crippen molar-refractivity contribution in [2.24, 2.45) is 0 Å². The molecule has 3 aromatic rings. The van der Waals surface area contributed by atoms with Crippen molar-refractivity contribution < 1.29 is 14.3 Å². The molecule has 1 saturated heterocycles. The summed E-state index contributed by atoms with van der Waals surface area (Å²) in [6.07, 6.45) is 1.72. The molecule has 0 saturated carbocycles. The molecule has 1 aliphatic heterocycles. The zero-order chi connectivity index (χ0) is 24.9. The number of thiazole rings is 1. The standard InChI is InChI=1S/C26H27Cl2N3O3S/c1-16(2)34-20-8-6-18(7-9-20)26(33)31-12-10-17(11-13-31)25-30-22(15-35-25)24(32)29-14-19-4-3-5-21(27)23(19)28/h3-9,15-17H,10-14H2,1-2H3,(H,29,32). The lowest BCUT2D eigenvalue weighted by molar-refractivity contribution is 0.0713. The van der Waals surface area contributed by atoms with Crippen molar-refractivity contribution in [2.75, 3.05) is 13.1 Å². The van der Waals surface area contributed by atoms with E-state index in [-0.39, 0.29) is 30.4 Å². The third kappa shape index (κ3) is 6.34. The maximum absolute atomic E-state index is 12.9. The summed E-state index contributed by atoms with van der Waals surface area (Å²) in [5, 5.41) is 6.46. The molecule has 1 fully saturated rings. The first-order valence-electron chi connectivity index (χ1n) is 11.5. The van der Waals surface area contributed by atoms with E-state index in [2.05, 4.69) is 10.3 Å². The SMILES string of the molecule is CC(C)Oc1ccc(C(=O)N2CCC(c3nc(C(=O)NCc4cccc(Cl)c4Cl)cs3)CC2)cc1. The van der Waals surface area contributed by atoms with Crippen LogP contribution in [0.3, 0.4) is 0 Å². The van der Waals surface area contributed by atoms with Crippen molar-refractivity contribution in [1.29, 1.82) is 0 Å². The molecule has 184 valence electrons. The van der Waals surface area contributed by atoms with Gasteiger partial charge in [-0.1, -0.05) is 35.3 Å². The van der Waals surface area contributed by atoms with E-state index >= 15 is 0 Å². The van der Waals surface area contributed by atoms with Crippen LogP contribution in [0.5, 0.6) is 5.75 Å². The summed E-state index contributed by atoms with van der Waals surface area (Å²) in [7, 11) is 0. The number of likely N-dealkylation sites (tertiary alicyclic amines) is 1. The molecule has 2 heterocycles. The molecule has 1 aromatic heterocycles. The van der Waals surface area contributed by atoms with Crippen LogP contribution in [0.4, 0.5) is 0 Å². The lowest BCUT2D eigenvalue weighted by Crippen LogP contribution is -2.37. The average molecular weight is 532 g/mol. The number of benzene rings is 2. The van der Waals surface area contributed by atoms with Gasteiger partial charge in [-0.2, -0.15) is 0 Å². The minimum atomic E-state index is -0.249. The van der Waals surface area contributed by atoms with Gasteiger partial charge in [0.05, 0.1) is 21.2 Å². The molecule has 6 nitrogen and oxygen atoms in total. The number of piperidine rings is 1. The van der Waals surface area contributed by atoms with Gasteiger partial charge in [0.1, 0.15) is 11.4 Å². The van der Waals surface area contributed by atoms with Crippen molar-refractivity contribution in [3.05, 3.63) is 79.7 Å². The highest BCUT2D eigenvalue weighted by Crippen LogP contribution is 2.31. The van der Waals surface area contributed by atoms with E-state index in [0.717, 1.165) is 29.2 Å². The largest absolute Gasteiger partial charge is 0.491 e. The summed E-state index contributed by atoms with van der Waals surface area (Å²) in [6, 6.07) is 12.6. The second-order valence-electron chi connectivity index (χ2n) is 8.72. The fraction of sp³-hybridized carbons (Fsp3) is 0.346. The van der Waals surface area contributed by atoms with Gasteiger partial charge in [0.2, 0.25) is 0 Å². The van der Waals surface area contributed by atoms with Crippen molar-refractivity contribution in [3.8, 4) is 5.75 Å². The van der Waals surface area contributed by atoms with Gasteiger partial charge < -0.3 is 15.0 Å². The number of nitrogens with one attached hydrogen (secondary N) is 1. The van der Waals surface area contributed by atoms with Crippen LogP contribution in [0.15, 0.2) is 47.8 Å². The summed E-state index contributed by atoms with van der Waals surface area (Å²) >= 11 is 13.7. The molecule has 9 heteroatoms. The van der Waals surface area contributed by atoms with Gasteiger partial charge in [-0.05, 0) is 62.6 Å². The number of halogens is 2. The lowest BCUT2D eigenvalue weighted by atomic mass is 9.97. The maximum Gasteiger partial charge on any atom is 0.271 e. The van der Waals surface area contributed by atoms with E-state index in [0.29, 0.717) is 34.4 Å². The van der Waals surface area contributed by atoms with Gasteiger partial charge >= 0.3 is 0 Å². The number of rotatable bonds is 7. The molecule has 1 N–H and O–H groups in total. The third-order valence-corrected chi connectivity index (χ3v) is 7.70. The zero-order valence-electron chi connectivity index (χ0n) is 19.6. The molecule has 4 rings (SSSR count). The van der Waals surface area contributed by atoms with E-state index in [9.17, 15) is 9.59 Å². The van der Waals surface area contributed by atoms with Crippen LogP contribution in [0.1, 0.15) is 64.0 Å². The Labute approximate surface area is 219 Å². The van der Waals surface area contributed by atoms with Gasteiger partial charge in [-0.25, -0.2) is 4.98 Å². The number of hydrogen-bond acceptors (Lipinski definition) is 5. The highest BCUT2D eigenvalue weighted by Gasteiger charge is 2.27. The fourth-order valence-electron chi connectivity index (χ4n) is 3.99. The number of ether oxygens (including phenoxy) is 1. The number of amides is 2. The maximum atomic E-state index is 12.9. The second kappa shape index (κ2) is 11.4. The summed E-state index contributed by atoms with van der Waals surface area (Å²) in [4.78, 5) is 31.9. The number of aromatic nitrogens is 1.